The number of pyridine rings is 1. The van der Waals surface area contributed by atoms with Gasteiger partial charge in [-0.1, -0.05) is 0 Å². The maximum absolute atomic E-state index is 10.8. The number of aromatic nitrogens is 1. The summed E-state index contributed by atoms with van der Waals surface area (Å²) in [7, 11) is 0. The number of hydrogen-bond acceptors (Lipinski definition) is 3. The van der Waals surface area contributed by atoms with Crippen molar-refractivity contribution in [2.24, 2.45) is 0 Å². The fourth-order valence-corrected chi connectivity index (χ4v) is 0.914. The predicted molar refractivity (Wildman–Crippen MR) is 38.5 cm³/mol. The number of nitrogens with one attached hydrogen (secondary N) is 1. The Morgan fingerprint density at radius 1 is 1.55 bits per heavy atom. The van der Waals surface area contributed by atoms with E-state index in [1.807, 2.05) is 0 Å². The van der Waals surface area contributed by atoms with Crippen molar-refractivity contribution < 1.29 is 9.52 Å². The fraction of sp³-hybridized carbons (Fsp3) is 0. The van der Waals surface area contributed by atoms with Crippen LogP contribution in [0, 0.1) is 0 Å². The maximum atomic E-state index is 10.8. The maximum Gasteiger partial charge on any atom is 0.292 e. The van der Waals surface area contributed by atoms with Crippen molar-refractivity contribution in [1.82, 2.24) is 4.98 Å². The van der Waals surface area contributed by atoms with E-state index in [9.17, 15) is 4.79 Å². The first-order valence-corrected chi connectivity index (χ1v) is 3.07. The quantitative estimate of drug-likeness (QED) is 0.585. The molecule has 2 aromatic heterocycles. The van der Waals surface area contributed by atoms with Gasteiger partial charge >= 0.3 is 0 Å². The molecule has 0 aliphatic carbocycles. The molecule has 56 valence electrons. The normalized spacial score (nSPS) is 10.5. The molecule has 0 radical (unpaired) electrons. The van der Waals surface area contributed by atoms with Gasteiger partial charge in [-0.25, -0.2) is 0 Å². The molecule has 2 N–H and O–H groups in total. The molecule has 0 amide bonds. The Balaban J connectivity index is 2.97. The van der Waals surface area contributed by atoms with Crippen LogP contribution in [-0.2, 0) is 0 Å². The van der Waals surface area contributed by atoms with Gasteiger partial charge < -0.3 is 9.52 Å². The summed E-state index contributed by atoms with van der Waals surface area (Å²) < 4.78 is 4.89. The minimum atomic E-state index is -0.535. The summed E-state index contributed by atoms with van der Waals surface area (Å²) in [5, 5.41) is 9.63. The topological polar surface area (TPSA) is 66.2 Å². The SMILES string of the molecule is O=c1[nH]c2occc2cc1O. The van der Waals surface area contributed by atoms with Crippen molar-refractivity contribution >= 4 is 11.1 Å². The molecule has 0 unspecified atom stereocenters. The first-order valence-electron chi connectivity index (χ1n) is 3.07. The smallest absolute Gasteiger partial charge is 0.292 e. The number of aromatic hydroxyl groups is 1. The van der Waals surface area contributed by atoms with Gasteiger partial charge in [-0.05, 0) is 12.1 Å². The number of rotatable bonds is 0. The number of fused-ring (bicyclic) bond motifs is 1. The van der Waals surface area contributed by atoms with Crippen LogP contribution in [-0.4, -0.2) is 10.1 Å². The molecule has 0 bridgehead atoms. The average Bonchev–Trinajstić information content (AvgIpc) is 2.36. The molecule has 0 atom stereocenters. The molecule has 0 spiro atoms. The summed E-state index contributed by atoms with van der Waals surface area (Å²) in [4.78, 5) is 13.1. The van der Waals surface area contributed by atoms with Crippen molar-refractivity contribution in [1.29, 1.82) is 0 Å². The second-order valence-electron chi connectivity index (χ2n) is 2.19. The van der Waals surface area contributed by atoms with E-state index >= 15 is 0 Å². The Bertz CT molecular complexity index is 440. The van der Waals surface area contributed by atoms with E-state index in [2.05, 4.69) is 4.98 Å². The highest BCUT2D eigenvalue weighted by atomic mass is 16.3. The molecule has 2 rings (SSSR count). The van der Waals surface area contributed by atoms with Crippen molar-refractivity contribution in [2.45, 2.75) is 0 Å². The molecule has 4 nitrogen and oxygen atoms in total. The molecule has 4 heteroatoms. The van der Waals surface area contributed by atoms with Gasteiger partial charge in [-0.15, -0.1) is 0 Å². The lowest BCUT2D eigenvalue weighted by atomic mass is 10.3. The predicted octanol–water partition coefficient (Wildman–Crippen LogP) is 0.827. The summed E-state index contributed by atoms with van der Waals surface area (Å²) in [6.45, 7) is 0. The Kier molecular flexibility index (Phi) is 1.03. The van der Waals surface area contributed by atoms with Gasteiger partial charge in [0.2, 0.25) is 5.71 Å². The molecule has 11 heavy (non-hydrogen) atoms. The van der Waals surface area contributed by atoms with Crippen LogP contribution in [0.5, 0.6) is 5.75 Å². The number of hydrogen-bond donors (Lipinski definition) is 2. The lowest BCUT2D eigenvalue weighted by Crippen LogP contribution is -2.02. The Labute approximate surface area is 61.1 Å². The lowest BCUT2D eigenvalue weighted by molar-refractivity contribution is 0.466. The molecule has 0 aliphatic rings. The Morgan fingerprint density at radius 2 is 2.36 bits per heavy atom. The molecular formula is C7H5NO3. The molecule has 2 aromatic rings. The first kappa shape index (κ1) is 6.03. The highest BCUT2D eigenvalue weighted by Crippen LogP contribution is 2.13. The zero-order chi connectivity index (χ0) is 7.84. The zero-order valence-corrected chi connectivity index (χ0v) is 5.50. The van der Waals surface area contributed by atoms with Gasteiger partial charge in [0.15, 0.2) is 5.75 Å². The van der Waals surface area contributed by atoms with Crippen LogP contribution in [0.2, 0.25) is 0 Å². The van der Waals surface area contributed by atoms with Gasteiger partial charge in [0.1, 0.15) is 0 Å². The van der Waals surface area contributed by atoms with Crippen LogP contribution in [0.25, 0.3) is 11.1 Å². The van der Waals surface area contributed by atoms with Gasteiger partial charge in [-0.2, -0.15) is 0 Å². The minimum absolute atomic E-state index is 0.293. The summed E-state index contributed by atoms with van der Waals surface area (Å²) in [6.07, 6.45) is 1.44. The second kappa shape index (κ2) is 1.88. The summed E-state index contributed by atoms with van der Waals surface area (Å²) >= 11 is 0. The van der Waals surface area contributed by atoms with Crippen molar-refractivity contribution in [3.63, 3.8) is 0 Å². The van der Waals surface area contributed by atoms with Crippen LogP contribution >= 0.6 is 0 Å². The Hall–Kier alpha value is -1.71. The third-order valence-corrected chi connectivity index (χ3v) is 1.45. The van der Waals surface area contributed by atoms with Crippen molar-refractivity contribution in [3.8, 4) is 5.75 Å². The van der Waals surface area contributed by atoms with Crippen LogP contribution < -0.4 is 5.56 Å². The van der Waals surface area contributed by atoms with E-state index in [-0.39, 0.29) is 5.75 Å². The van der Waals surface area contributed by atoms with Gasteiger partial charge in [0.05, 0.1) is 6.26 Å². The van der Waals surface area contributed by atoms with E-state index in [0.717, 1.165) is 0 Å². The molecule has 2 heterocycles. The van der Waals surface area contributed by atoms with E-state index in [1.165, 1.54) is 12.3 Å². The van der Waals surface area contributed by atoms with Crippen LogP contribution in [0.1, 0.15) is 0 Å². The number of aromatic amines is 1. The summed E-state index contributed by atoms with van der Waals surface area (Å²) in [6, 6.07) is 3.02. The summed E-state index contributed by atoms with van der Waals surface area (Å²) in [5.74, 6) is -0.293. The van der Waals surface area contributed by atoms with E-state index < -0.39 is 5.56 Å². The van der Waals surface area contributed by atoms with Crippen LogP contribution in [0.3, 0.4) is 0 Å². The third-order valence-electron chi connectivity index (χ3n) is 1.45. The summed E-state index contributed by atoms with van der Waals surface area (Å²) in [5.41, 5.74) is -0.153. The average molecular weight is 151 g/mol. The molecule has 0 fully saturated rings. The highest BCUT2D eigenvalue weighted by Gasteiger charge is 2.01. The fourth-order valence-electron chi connectivity index (χ4n) is 0.914. The van der Waals surface area contributed by atoms with E-state index in [1.54, 1.807) is 6.07 Å². The molecule has 0 aromatic carbocycles. The van der Waals surface area contributed by atoms with Gasteiger partial charge in [-0.3, -0.25) is 9.78 Å². The molecule has 0 aliphatic heterocycles. The molecular weight excluding hydrogens is 146 g/mol. The van der Waals surface area contributed by atoms with E-state index in [0.29, 0.717) is 11.1 Å². The Morgan fingerprint density at radius 3 is 3.18 bits per heavy atom. The zero-order valence-electron chi connectivity index (χ0n) is 5.50. The molecule has 0 saturated carbocycles. The second-order valence-corrected chi connectivity index (χ2v) is 2.19. The van der Waals surface area contributed by atoms with E-state index in [4.69, 9.17) is 9.52 Å². The minimum Gasteiger partial charge on any atom is -0.503 e. The van der Waals surface area contributed by atoms with Crippen molar-refractivity contribution in [2.75, 3.05) is 0 Å². The third kappa shape index (κ3) is 0.797. The highest BCUT2D eigenvalue weighted by molar-refractivity contribution is 5.74. The largest absolute Gasteiger partial charge is 0.503 e. The number of furan rings is 1. The van der Waals surface area contributed by atoms with Gasteiger partial charge in [0.25, 0.3) is 5.56 Å². The van der Waals surface area contributed by atoms with Gasteiger partial charge in [0, 0.05) is 5.39 Å². The van der Waals surface area contributed by atoms with Crippen LogP contribution in [0.4, 0.5) is 0 Å². The molecule has 0 saturated heterocycles. The van der Waals surface area contributed by atoms with Crippen LogP contribution in [0.15, 0.2) is 27.6 Å². The number of H-pyrrole nitrogens is 1. The monoisotopic (exact) mass is 151 g/mol. The van der Waals surface area contributed by atoms with Crippen molar-refractivity contribution in [3.05, 3.63) is 28.7 Å². The standard InChI is InChI=1S/C7H5NO3/c9-5-3-4-1-2-11-7(4)8-6(5)10/h1-3,9H,(H,8,10). The lowest BCUT2D eigenvalue weighted by Gasteiger charge is -1.88. The first-order chi connectivity index (χ1) is 5.27.